The fourth-order valence-corrected chi connectivity index (χ4v) is 4.33. The summed E-state index contributed by atoms with van der Waals surface area (Å²) in [5, 5.41) is 14.8. The van der Waals surface area contributed by atoms with Gasteiger partial charge in [-0.2, -0.15) is 10.2 Å². The first-order chi connectivity index (χ1) is 16.8. The normalized spacial score (nSPS) is 19.0. The molecule has 35 heavy (non-hydrogen) atoms. The molecule has 2 aromatic rings. The van der Waals surface area contributed by atoms with E-state index in [4.69, 9.17) is 0 Å². The van der Waals surface area contributed by atoms with Gasteiger partial charge in [0.15, 0.2) is 0 Å². The van der Waals surface area contributed by atoms with Crippen molar-refractivity contribution in [2.45, 2.75) is 84.7 Å². The molecular weight excluding hydrogens is 436 g/mol. The summed E-state index contributed by atoms with van der Waals surface area (Å²) < 4.78 is 0. The van der Waals surface area contributed by atoms with Gasteiger partial charge in [0, 0.05) is 23.2 Å². The molecule has 1 aliphatic carbocycles. The van der Waals surface area contributed by atoms with Gasteiger partial charge in [-0.1, -0.05) is 27.7 Å². The highest BCUT2D eigenvalue weighted by molar-refractivity contribution is 5.95. The maximum absolute atomic E-state index is 12.6. The molecule has 0 heterocycles. The number of carbonyl (C=O) groups excluding carboxylic acids is 2. The monoisotopic (exact) mass is 476 g/mol. The molecular formula is C29H40N4O2. The van der Waals surface area contributed by atoms with E-state index in [2.05, 4.69) is 48.6 Å². The summed E-state index contributed by atoms with van der Waals surface area (Å²) >= 11 is 0. The first-order valence-electron chi connectivity index (χ1n) is 13.1. The van der Waals surface area contributed by atoms with E-state index in [9.17, 15) is 9.59 Å². The highest BCUT2D eigenvalue weighted by Gasteiger charge is 2.20. The minimum absolute atomic E-state index is 0.0311. The Bertz CT molecular complexity index is 975. The van der Waals surface area contributed by atoms with E-state index in [1.54, 1.807) is 48.5 Å². The second kappa shape index (κ2) is 13.2. The molecule has 6 heteroatoms. The van der Waals surface area contributed by atoms with Crippen LogP contribution in [-0.4, -0.2) is 23.9 Å². The van der Waals surface area contributed by atoms with Crippen LogP contribution in [-0.2, 0) is 0 Å². The van der Waals surface area contributed by atoms with Gasteiger partial charge in [0.1, 0.15) is 0 Å². The highest BCUT2D eigenvalue weighted by atomic mass is 16.2. The number of nitrogens with zero attached hydrogens (tertiary/aromatic N) is 2. The van der Waals surface area contributed by atoms with Crippen LogP contribution in [0.5, 0.6) is 0 Å². The Morgan fingerprint density at radius 2 is 1.34 bits per heavy atom. The molecule has 0 aliphatic heterocycles. The Morgan fingerprint density at radius 1 is 0.829 bits per heavy atom. The van der Waals surface area contributed by atoms with Gasteiger partial charge < -0.3 is 10.6 Å². The maximum atomic E-state index is 12.6. The predicted octanol–water partition coefficient (Wildman–Crippen LogP) is 7.36. The van der Waals surface area contributed by atoms with Crippen molar-refractivity contribution in [3.05, 3.63) is 59.7 Å². The fraction of sp³-hybridized carbons (Fsp3) is 0.517. The third kappa shape index (κ3) is 8.61. The minimum Gasteiger partial charge on any atom is -0.349 e. The van der Waals surface area contributed by atoms with Crippen molar-refractivity contribution in [2.75, 3.05) is 0 Å². The van der Waals surface area contributed by atoms with Gasteiger partial charge >= 0.3 is 0 Å². The lowest BCUT2D eigenvalue weighted by atomic mass is 9.87. The number of azo groups is 1. The summed E-state index contributed by atoms with van der Waals surface area (Å²) in [5.41, 5.74) is 2.60. The van der Waals surface area contributed by atoms with E-state index >= 15 is 0 Å². The van der Waals surface area contributed by atoms with Gasteiger partial charge in [-0.05, 0) is 105 Å². The van der Waals surface area contributed by atoms with Crippen molar-refractivity contribution in [3.8, 4) is 0 Å². The molecule has 0 spiro atoms. The summed E-state index contributed by atoms with van der Waals surface area (Å²) in [7, 11) is 0. The molecule has 1 atom stereocenters. The van der Waals surface area contributed by atoms with Crippen LogP contribution in [0.1, 0.15) is 93.4 Å². The van der Waals surface area contributed by atoms with Crippen molar-refractivity contribution in [2.24, 2.45) is 22.1 Å². The van der Waals surface area contributed by atoms with Crippen LogP contribution < -0.4 is 10.6 Å². The highest BCUT2D eigenvalue weighted by Crippen LogP contribution is 2.24. The smallest absolute Gasteiger partial charge is 0.251 e. The van der Waals surface area contributed by atoms with E-state index in [0.29, 0.717) is 28.4 Å². The van der Waals surface area contributed by atoms with Crippen LogP contribution in [0.15, 0.2) is 58.8 Å². The minimum atomic E-state index is -0.0549. The van der Waals surface area contributed by atoms with Gasteiger partial charge in [-0.3, -0.25) is 9.59 Å². The quantitative estimate of drug-likeness (QED) is 0.351. The molecule has 188 valence electrons. The molecule has 6 nitrogen and oxygen atoms in total. The van der Waals surface area contributed by atoms with Gasteiger partial charge in [0.2, 0.25) is 0 Å². The number of benzene rings is 2. The molecule has 1 aliphatic rings. The lowest BCUT2D eigenvalue weighted by Gasteiger charge is -2.26. The molecule has 2 N–H and O–H groups in total. The average Bonchev–Trinajstić information content (AvgIpc) is 2.87. The lowest BCUT2D eigenvalue weighted by molar-refractivity contribution is 0.0918. The molecule has 0 bridgehead atoms. The van der Waals surface area contributed by atoms with E-state index < -0.39 is 0 Å². The van der Waals surface area contributed by atoms with Crippen molar-refractivity contribution in [1.82, 2.24) is 10.6 Å². The topological polar surface area (TPSA) is 82.9 Å². The Morgan fingerprint density at radius 3 is 1.83 bits per heavy atom. The second-order valence-electron chi connectivity index (χ2n) is 10.3. The second-order valence-corrected chi connectivity index (χ2v) is 10.3. The molecule has 1 unspecified atom stereocenters. The van der Waals surface area contributed by atoms with Crippen molar-refractivity contribution in [3.63, 3.8) is 0 Å². The van der Waals surface area contributed by atoms with Crippen LogP contribution >= 0.6 is 0 Å². The zero-order valence-electron chi connectivity index (χ0n) is 21.6. The van der Waals surface area contributed by atoms with Crippen LogP contribution in [0.25, 0.3) is 0 Å². The van der Waals surface area contributed by atoms with Crippen molar-refractivity contribution >= 4 is 23.2 Å². The van der Waals surface area contributed by atoms with Gasteiger partial charge in [0.05, 0.1) is 11.4 Å². The molecule has 3 rings (SSSR count). The maximum Gasteiger partial charge on any atom is 0.251 e. The Hall–Kier alpha value is -3.02. The lowest BCUT2D eigenvalue weighted by Crippen LogP contribution is -2.37. The van der Waals surface area contributed by atoms with Crippen LogP contribution in [0.4, 0.5) is 11.4 Å². The van der Waals surface area contributed by atoms with Crippen molar-refractivity contribution in [1.29, 1.82) is 0 Å². The van der Waals surface area contributed by atoms with E-state index in [1.165, 1.54) is 12.8 Å². The van der Waals surface area contributed by atoms with Crippen molar-refractivity contribution < 1.29 is 9.59 Å². The third-order valence-corrected chi connectivity index (χ3v) is 6.81. The number of nitrogens with one attached hydrogen (secondary N) is 2. The molecule has 1 saturated carbocycles. The SMILES string of the molecule is CCC(CCC(C)C)NC(=O)c1ccc(N=Nc2ccc(C(=O)NC3CCC(C)CC3)cc2)cc1. The summed E-state index contributed by atoms with van der Waals surface area (Å²) in [5.74, 6) is 1.30. The number of hydrogen-bond acceptors (Lipinski definition) is 4. The molecule has 0 radical (unpaired) electrons. The van der Waals surface area contributed by atoms with E-state index in [1.807, 2.05) is 0 Å². The predicted molar refractivity (Wildman–Crippen MR) is 142 cm³/mol. The largest absolute Gasteiger partial charge is 0.349 e. The van der Waals surface area contributed by atoms with Gasteiger partial charge in [-0.25, -0.2) is 0 Å². The summed E-state index contributed by atoms with van der Waals surface area (Å²) in [6, 6.07) is 14.8. The molecule has 0 saturated heterocycles. The number of amides is 2. The first-order valence-corrected chi connectivity index (χ1v) is 13.1. The van der Waals surface area contributed by atoms with E-state index in [0.717, 1.165) is 38.0 Å². The number of hydrogen-bond donors (Lipinski definition) is 2. The summed E-state index contributed by atoms with van der Waals surface area (Å²) in [6.07, 6.45) is 7.47. The number of carbonyl (C=O) groups is 2. The first kappa shape index (κ1) is 26.6. The van der Waals surface area contributed by atoms with E-state index in [-0.39, 0.29) is 23.9 Å². The Kier molecular flexibility index (Phi) is 10.0. The summed E-state index contributed by atoms with van der Waals surface area (Å²) in [4.78, 5) is 25.1. The summed E-state index contributed by atoms with van der Waals surface area (Å²) in [6.45, 7) is 8.77. The average molecular weight is 477 g/mol. The molecule has 2 aromatic carbocycles. The zero-order chi connectivity index (χ0) is 25.2. The number of rotatable bonds is 10. The van der Waals surface area contributed by atoms with Crippen LogP contribution in [0.2, 0.25) is 0 Å². The molecule has 2 amide bonds. The molecule has 0 aromatic heterocycles. The third-order valence-electron chi connectivity index (χ3n) is 6.81. The van der Waals surface area contributed by atoms with Crippen LogP contribution in [0.3, 0.4) is 0 Å². The van der Waals surface area contributed by atoms with Crippen LogP contribution in [0, 0.1) is 11.8 Å². The fourth-order valence-electron chi connectivity index (χ4n) is 4.33. The zero-order valence-corrected chi connectivity index (χ0v) is 21.6. The Labute approximate surface area is 210 Å². The molecule has 1 fully saturated rings. The van der Waals surface area contributed by atoms with Gasteiger partial charge in [-0.15, -0.1) is 0 Å². The standard InChI is InChI=1S/C29H40N4O2/c1-5-24(13-6-20(2)3)30-28(34)22-9-16-26(17-10-22)32-33-27-18-11-23(12-19-27)29(35)31-25-14-7-21(4)8-15-25/h9-12,16-21,24-25H,5-8,13-15H2,1-4H3,(H,30,34)(H,31,35). The van der Waals surface area contributed by atoms with Gasteiger partial charge in [0.25, 0.3) is 11.8 Å². The Balaban J connectivity index is 1.51.